The molecular weight excluding hydrogens is 496 g/mol. The van der Waals surface area contributed by atoms with Gasteiger partial charge >= 0.3 is 0 Å². The van der Waals surface area contributed by atoms with Gasteiger partial charge in [0, 0.05) is 22.8 Å². The summed E-state index contributed by atoms with van der Waals surface area (Å²) >= 11 is 7.22. The van der Waals surface area contributed by atoms with Crippen molar-refractivity contribution < 1.29 is 9.90 Å². The molecule has 0 aliphatic rings. The number of carbonyl (C=O) groups excluding carboxylic acids is 1. The van der Waals surface area contributed by atoms with Crippen LogP contribution in [-0.2, 0) is 17.9 Å². The second-order valence-corrected chi connectivity index (χ2v) is 9.62. The molecule has 0 radical (unpaired) electrons. The van der Waals surface area contributed by atoms with Crippen molar-refractivity contribution in [1.82, 2.24) is 20.2 Å². The van der Waals surface area contributed by atoms with Crippen molar-refractivity contribution in [1.29, 1.82) is 0 Å². The van der Waals surface area contributed by atoms with Gasteiger partial charge in [-0.2, -0.15) is 5.10 Å². The molecule has 1 aromatic heterocycles. The Labute approximate surface area is 218 Å². The number of rotatable bonds is 10. The number of phenols is 1. The van der Waals surface area contributed by atoms with Crippen molar-refractivity contribution in [2.24, 2.45) is 5.10 Å². The molecule has 184 valence electrons. The van der Waals surface area contributed by atoms with Crippen LogP contribution in [0.5, 0.6) is 5.75 Å². The number of carbonyl (C=O) groups is 1. The fourth-order valence-electron chi connectivity index (χ4n) is 3.48. The highest BCUT2D eigenvalue weighted by molar-refractivity contribution is 8.00. The molecule has 0 fully saturated rings. The van der Waals surface area contributed by atoms with Crippen molar-refractivity contribution in [3.8, 4) is 5.75 Å². The predicted octanol–water partition coefficient (Wildman–Crippen LogP) is 5.22. The van der Waals surface area contributed by atoms with Crippen molar-refractivity contribution in [2.75, 3.05) is 5.32 Å². The first-order valence-corrected chi connectivity index (χ1v) is 12.4. The van der Waals surface area contributed by atoms with E-state index in [1.165, 1.54) is 18.0 Å². The highest BCUT2D eigenvalue weighted by Gasteiger charge is 2.19. The van der Waals surface area contributed by atoms with Gasteiger partial charge < -0.3 is 15.0 Å². The van der Waals surface area contributed by atoms with Gasteiger partial charge in [0.25, 0.3) is 5.91 Å². The number of amides is 1. The number of allylic oxidation sites excluding steroid dienone is 1. The van der Waals surface area contributed by atoms with Crippen LogP contribution in [-0.4, -0.2) is 37.2 Å². The number of phenolic OH excluding ortho intramolecular Hbond substituents is 1. The topological polar surface area (TPSA) is 104 Å². The zero-order valence-electron chi connectivity index (χ0n) is 19.6. The van der Waals surface area contributed by atoms with Gasteiger partial charge in [0.05, 0.1) is 18.0 Å². The maximum atomic E-state index is 12.7. The smallest absolute Gasteiger partial charge is 0.253 e. The summed E-state index contributed by atoms with van der Waals surface area (Å²) in [6.45, 7) is 6.53. The van der Waals surface area contributed by atoms with Crippen LogP contribution >= 0.6 is 23.4 Å². The van der Waals surface area contributed by atoms with Crippen molar-refractivity contribution in [2.45, 2.75) is 30.4 Å². The number of benzene rings is 3. The van der Waals surface area contributed by atoms with Crippen molar-refractivity contribution >= 4 is 51.9 Å². The monoisotopic (exact) mass is 520 g/mol. The third-order valence-corrected chi connectivity index (χ3v) is 6.70. The molecule has 0 aliphatic heterocycles. The Morgan fingerprint density at radius 3 is 2.75 bits per heavy atom. The summed E-state index contributed by atoms with van der Waals surface area (Å²) in [4.78, 5) is 12.7. The normalized spacial score (nSPS) is 12.1. The minimum absolute atomic E-state index is 0.0892. The Balaban J connectivity index is 1.40. The Hall–Kier alpha value is -3.82. The fourth-order valence-corrected chi connectivity index (χ4v) is 4.48. The van der Waals surface area contributed by atoms with Crippen molar-refractivity contribution in [3.63, 3.8) is 0 Å². The van der Waals surface area contributed by atoms with Crippen LogP contribution in [0.15, 0.2) is 83.6 Å². The molecule has 10 heteroatoms. The Morgan fingerprint density at radius 1 is 1.19 bits per heavy atom. The van der Waals surface area contributed by atoms with Gasteiger partial charge in [-0.3, -0.25) is 4.79 Å². The van der Waals surface area contributed by atoms with Crippen LogP contribution in [0.2, 0.25) is 5.02 Å². The Morgan fingerprint density at radius 2 is 1.97 bits per heavy atom. The molecule has 3 aromatic carbocycles. The van der Waals surface area contributed by atoms with Crippen LogP contribution < -0.4 is 10.7 Å². The Bertz CT molecular complexity index is 1400. The van der Waals surface area contributed by atoms with Crippen LogP contribution in [0.3, 0.4) is 0 Å². The number of halogens is 1. The molecule has 0 unspecified atom stereocenters. The minimum Gasteiger partial charge on any atom is -0.507 e. The maximum absolute atomic E-state index is 12.7. The average Bonchev–Trinajstić information content (AvgIpc) is 3.26. The van der Waals surface area contributed by atoms with E-state index < -0.39 is 5.25 Å². The zero-order chi connectivity index (χ0) is 25.5. The molecule has 0 aliphatic carbocycles. The quantitative estimate of drug-likeness (QED) is 0.115. The van der Waals surface area contributed by atoms with Gasteiger partial charge in [-0.15, -0.1) is 16.8 Å². The van der Waals surface area contributed by atoms with E-state index in [4.69, 9.17) is 11.6 Å². The molecule has 4 rings (SSSR count). The van der Waals surface area contributed by atoms with E-state index in [-0.39, 0.29) is 11.7 Å². The molecule has 0 spiro atoms. The third kappa shape index (κ3) is 6.05. The summed E-state index contributed by atoms with van der Waals surface area (Å²) in [5, 5.41) is 28.8. The second kappa shape index (κ2) is 11.7. The number of nitrogens with zero attached hydrogens (tertiary/aromatic N) is 4. The number of fused-ring (bicyclic) bond motifs is 1. The first kappa shape index (κ1) is 25.3. The number of hydrogen-bond acceptors (Lipinski definition) is 7. The van der Waals surface area contributed by atoms with Crippen LogP contribution in [0.25, 0.3) is 10.8 Å². The molecule has 1 amide bonds. The summed E-state index contributed by atoms with van der Waals surface area (Å²) < 4.78 is 1.90. The molecule has 3 N–H and O–H groups in total. The SMILES string of the molecule is C=CCn1c(CNc2ccc(Cl)cc2)nnc1S[C@H](C)C(=O)N/N=C\c1c(O)ccc2ccccc12. The fraction of sp³-hybridized carbons (Fsp3) is 0.154. The van der Waals surface area contributed by atoms with Gasteiger partial charge in [-0.1, -0.05) is 59.8 Å². The largest absolute Gasteiger partial charge is 0.507 e. The van der Waals surface area contributed by atoms with Crippen LogP contribution in [0.4, 0.5) is 5.69 Å². The van der Waals surface area contributed by atoms with E-state index in [0.717, 1.165) is 16.5 Å². The lowest BCUT2D eigenvalue weighted by atomic mass is 10.0. The van der Waals surface area contributed by atoms with E-state index in [1.807, 2.05) is 59.2 Å². The van der Waals surface area contributed by atoms with Gasteiger partial charge in [0.15, 0.2) is 11.0 Å². The molecule has 36 heavy (non-hydrogen) atoms. The molecule has 0 bridgehead atoms. The lowest BCUT2D eigenvalue weighted by Gasteiger charge is -2.12. The first-order valence-electron chi connectivity index (χ1n) is 11.2. The Kier molecular flexibility index (Phi) is 8.24. The average molecular weight is 521 g/mol. The van der Waals surface area contributed by atoms with Crippen molar-refractivity contribution in [3.05, 3.63) is 89.7 Å². The van der Waals surface area contributed by atoms with Gasteiger partial charge in [0.2, 0.25) is 0 Å². The standard InChI is InChI=1S/C26H25ClN6O2S/c1-3-14-33-24(16-28-20-11-9-19(27)10-12-20)30-32-26(33)36-17(2)25(35)31-29-15-22-21-7-5-4-6-18(21)8-13-23(22)34/h3-13,15,17,28,34H,1,14,16H2,2H3,(H,31,35)/b29-15-/t17-/m1/s1. The number of hydrazone groups is 1. The van der Waals surface area contributed by atoms with E-state index in [0.29, 0.717) is 34.7 Å². The van der Waals surface area contributed by atoms with E-state index in [9.17, 15) is 9.90 Å². The molecule has 0 saturated heterocycles. The predicted molar refractivity (Wildman–Crippen MR) is 146 cm³/mol. The van der Waals surface area contributed by atoms with Crippen LogP contribution in [0, 0.1) is 0 Å². The van der Waals surface area contributed by atoms with E-state index in [2.05, 4.69) is 32.6 Å². The lowest BCUT2D eigenvalue weighted by molar-refractivity contribution is -0.120. The van der Waals surface area contributed by atoms with Gasteiger partial charge in [-0.05, 0) is 48.0 Å². The highest BCUT2D eigenvalue weighted by atomic mass is 35.5. The summed E-state index contributed by atoms with van der Waals surface area (Å²) in [5.74, 6) is 0.501. The number of aromatic nitrogens is 3. The first-order chi connectivity index (χ1) is 17.5. The van der Waals surface area contributed by atoms with Crippen LogP contribution in [0.1, 0.15) is 18.3 Å². The molecular formula is C26H25ClN6O2S. The van der Waals surface area contributed by atoms with Gasteiger partial charge in [0.1, 0.15) is 5.75 Å². The number of hydrogen-bond donors (Lipinski definition) is 3. The molecule has 8 nitrogen and oxygen atoms in total. The third-order valence-electron chi connectivity index (χ3n) is 5.37. The highest BCUT2D eigenvalue weighted by Crippen LogP contribution is 2.26. The summed E-state index contributed by atoms with van der Waals surface area (Å²) in [6.07, 6.45) is 3.21. The zero-order valence-corrected chi connectivity index (χ0v) is 21.1. The van der Waals surface area contributed by atoms with E-state index >= 15 is 0 Å². The van der Waals surface area contributed by atoms with Gasteiger partial charge in [-0.25, -0.2) is 5.43 Å². The summed E-state index contributed by atoms with van der Waals surface area (Å²) in [7, 11) is 0. The molecule has 0 saturated carbocycles. The number of anilines is 1. The number of nitrogens with one attached hydrogen (secondary N) is 2. The summed E-state index contributed by atoms with van der Waals surface area (Å²) in [6, 6.07) is 18.5. The molecule has 4 aromatic rings. The maximum Gasteiger partial charge on any atom is 0.253 e. The van der Waals surface area contributed by atoms with E-state index in [1.54, 1.807) is 19.1 Å². The lowest BCUT2D eigenvalue weighted by Crippen LogP contribution is -2.27. The molecule has 1 heterocycles. The second-order valence-electron chi connectivity index (χ2n) is 7.87. The number of thioether (sulfide) groups is 1. The number of aromatic hydroxyl groups is 1. The summed E-state index contributed by atoms with van der Waals surface area (Å²) in [5.41, 5.74) is 4.00. The molecule has 1 atom stereocenters. The minimum atomic E-state index is -0.492.